The summed E-state index contributed by atoms with van der Waals surface area (Å²) in [6.45, 7) is 2.82. The molecule has 34 heavy (non-hydrogen) atoms. The van der Waals surface area contributed by atoms with Crippen LogP contribution in [0.3, 0.4) is 0 Å². The first kappa shape index (κ1) is 23.0. The van der Waals surface area contributed by atoms with Gasteiger partial charge >= 0.3 is 0 Å². The van der Waals surface area contributed by atoms with Crippen LogP contribution in [0.5, 0.6) is 5.75 Å². The Morgan fingerprint density at radius 2 is 1.74 bits per heavy atom. The number of rotatable bonds is 8. The predicted molar refractivity (Wildman–Crippen MR) is 129 cm³/mol. The highest BCUT2D eigenvalue weighted by Crippen LogP contribution is 2.28. The molecule has 1 heterocycles. The molecule has 0 saturated heterocycles. The number of para-hydroxylation sites is 1. The number of ether oxygens (including phenoxy) is 1. The molecular formula is C27H27N3O4. The molecule has 0 saturated carbocycles. The summed E-state index contributed by atoms with van der Waals surface area (Å²) in [7, 11) is 0. The number of benzene rings is 3. The van der Waals surface area contributed by atoms with E-state index in [1.165, 1.54) is 0 Å². The maximum absolute atomic E-state index is 12.7. The van der Waals surface area contributed by atoms with Crippen molar-refractivity contribution in [2.75, 3.05) is 18.4 Å². The van der Waals surface area contributed by atoms with Crippen LogP contribution in [0.15, 0.2) is 78.9 Å². The lowest BCUT2D eigenvalue weighted by molar-refractivity contribution is -0.130. The first-order chi connectivity index (χ1) is 16.5. The molecule has 0 radical (unpaired) electrons. The summed E-state index contributed by atoms with van der Waals surface area (Å²) in [5.41, 5.74) is 2.87. The van der Waals surface area contributed by atoms with E-state index in [1.54, 1.807) is 29.2 Å². The topological polar surface area (TPSA) is 87.7 Å². The molecule has 0 aromatic heterocycles. The largest absolute Gasteiger partial charge is 0.480 e. The van der Waals surface area contributed by atoms with Gasteiger partial charge in [-0.3, -0.25) is 14.4 Å². The minimum atomic E-state index is -0.614. The lowest BCUT2D eigenvalue weighted by atomic mass is 10.1. The Hall–Kier alpha value is -4.13. The Kier molecular flexibility index (Phi) is 7.22. The molecule has 1 unspecified atom stereocenters. The van der Waals surface area contributed by atoms with E-state index in [0.29, 0.717) is 36.5 Å². The molecule has 2 N–H and O–H groups in total. The molecule has 3 aromatic carbocycles. The van der Waals surface area contributed by atoms with E-state index in [4.69, 9.17) is 4.74 Å². The molecule has 174 valence electrons. The van der Waals surface area contributed by atoms with E-state index >= 15 is 0 Å². The van der Waals surface area contributed by atoms with Crippen molar-refractivity contribution in [1.29, 1.82) is 0 Å². The molecule has 4 rings (SSSR count). The van der Waals surface area contributed by atoms with Gasteiger partial charge in [-0.15, -0.1) is 0 Å². The quantitative estimate of drug-likeness (QED) is 0.543. The second-order valence-electron chi connectivity index (χ2n) is 8.06. The van der Waals surface area contributed by atoms with E-state index in [0.717, 1.165) is 11.1 Å². The highest BCUT2D eigenvalue weighted by atomic mass is 16.5. The Bertz CT molecular complexity index is 1150. The number of fused-ring (bicyclic) bond motifs is 1. The van der Waals surface area contributed by atoms with Crippen LogP contribution in [-0.4, -0.2) is 41.8 Å². The number of hydrogen-bond acceptors (Lipinski definition) is 4. The molecule has 1 atom stereocenters. The van der Waals surface area contributed by atoms with Crippen molar-refractivity contribution >= 4 is 23.4 Å². The third kappa shape index (κ3) is 5.61. The number of likely N-dealkylation sites (N-methyl/N-ethyl adjacent to an activating group) is 1. The lowest BCUT2D eigenvalue weighted by Crippen LogP contribution is -2.39. The summed E-state index contributed by atoms with van der Waals surface area (Å²) in [5, 5.41) is 5.49. The minimum Gasteiger partial charge on any atom is -0.480 e. The average molecular weight is 458 g/mol. The van der Waals surface area contributed by atoms with Gasteiger partial charge in [-0.2, -0.15) is 0 Å². The van der Waals surface area contributed by atoms with Crippen molar-refractivity contribution in [3.8, 4) is 5.75 Å². The summed E-state index contributed by atoms with van der Waals surface area (Å²) in [6, 6.07) is 23.9. The minimum absolute atomic E-state index is 0.107. The third-order valence-electron chi connectivity index (χ3n) is 5.68. The van der Waals surface area contributed by atoms with E-state index in [9.17, 15) is 14.4 Å². The van der Waals surface area contributed by atoms with Crippen LogP contribution in [0.4, 0.5) is 5.69 Å². The molecule has 0 spiro atoms. The van der Waals surface area contributed by atoms with Crippen LogP contribution in [0, 0.1) is 0 Å². The molecule has 1 aliphatic rings. The molecular weight excluding hydrogens is 430 g/mol. The molecule has 3 amide bonds. The van der Waals surface area contributed by atoms with E-state index in [1.807, 2.05) is 61.5 Å². The van der Waals surface area contributed by atoms with Crippen molar-refractivity contribution in [3.63, 3.8) is 0 Å². The monoisotopic (exact) mass is 457 g/mol. The fourth-order valence-corrected chi connectivity index (χ4v) is 3.84. The Morgan fingerprint density at radius 1 is 0.971 bits per heavy atom. The van der Waals surface area contributed by atoms with Gasteiger partial charge in [0.25, 0.3) is 11.8 Å². The van der Waals surface area contributed by atoms with Gasteiger partial charge < -0.3 is 20.3 Å². The summed E-state index contributed by atoms with van der Waals surface area (Å²) in [5.74, 6) is -0.107. The highest BCUT2D eigenvalue weighted by molar-refractivity contribution is 5.99. The summed E-state index contributed by atoms with van der Waals surface area (Å²) < 4.78 is 5.73. The summed E-state index contributed by atoms with van der Waals surface area (Å²) >= 11 is 0. The first-order valence-electron chi connectivity index (χ1n) is 11.3. The van der Waals surface area contributed by atoms with Crippen LogP contribution < -0.4 is 15.4 Å². The second kappa shape index (κ2) is 10.7. The maximum Gasteiger partial charge on any atom is 0.265 e. The smallest absolute Gasteiger partial charge is 0.265 e. The summed E-state index contributed by atoms with van der Waals surface area (Å²) in [4.78, 5) is 39.6. The number of amides is 3. The number of nitrogens with zero attached hydrogens (tertiary/aromatic N) is 1. The summed E-state index contributed by atoms with van der Waals surface area (Å²) in [6.07, 6.45) is -0.113. The van der Waals surface area contributed by atoms with Gasteiger partial charge in [0.05, 0.1) is 6.54 Å². The zero-order valence-electron chi connectivity index (χ0n) is 19.0. The highest BCUT2D eigenvalue weighted by Gasteiger charge is 2.28. The van der Waals surface area contributed by atoms with Gasteiger partial charge in [-0.1, -0.05) is 54.6 Å². The molecule has 3 aromatic rings. The van der Waals surface area contributed by atoms with Gasteiger partial charge in [0.2, 0.25) is 5.91 Å². The number of carbonyl (C=O) groups is 3. The van der Waals surface area contributed by atoms with Crippen molar-refractivity contribution in [3.05, 3.63) is 95.6 Å². The predicted octanol–water partition coefficient (Wildman–Crippen LogP) is 3.41. The molecule has 7 heteroatoms. The van der Waals surface area contributed by atoms with Gasteiger partial charge in [-0.25, -0.2) is 0 Å². The van der Waals surface area contributed by atoms with E-state index in [-0.39, 0.29) is 24.3 Å². The Balaban J connectivity index is 1.31. The maximum atomic E-state index is 12.7. The zero-order chi connectivity index (χ0) is 23.9. The van der Waals surface area contributed by atoms with Crippen LogP contribution in [0.25, 0.3) is 0 Å². The van der Waals surface area contributed by atoms with Gasteiger partial charge in [0.15, 0.2) is 6.10 Å². The third-order valence-corrected chi connectivity index (χ3v) is 5.68. The molecule has 0 fully saturated rings. The number of anilines is 1. The number of carbonyl (C=O) groups excluding carboxylic acids is 3. The van der Waals surface area contributed by atoms with Crippen molar-refractivity contribution in [1.82, 2.24) is 10.2 Å². The SMILES string of the molecule is CCN(Cc1ccccc1)C(=O)CNC(=O)c1cccc(NC(=O)C2Cc3ccccc3O2)c1. The molecule has 1 aliphatic heterocycles. The first-order valence-corrected chi connectivity index (χ1v) is 11.3. The van der Waals surface area contributed by atoms with E-state index < -0.39 is 6.10 Å². The molecule has 7 nitrogen and oxygen atoms in total. The number of nitrogens with one attached hydrogen (secondary N) is 2. The average Bonchev–Trinajstić information content (AvgIpc) is 3.31. The second-order valence-corrected chi connectivity index (χ2v) is 8.06. The fraction of sp³-hybridized carbons (Fsp3) is 0.222. The Morgan fingerprint density at radius 3 is 2.50 bits per heavy atom. The molecule has 0 aliphatic carbocycles. The Labute approximate surface area is 198 Å². The van der Waals surface area contributed by atoms with Crippen LogP contribution in [0.2, 0.25) is 0 Å². The fourth-order valence-electron chi connectivity index (χ4n) is 3.84. The van der Waals surface area contributed by atoms with Crippen LogP contribution in [-0.2, 0) is 22.6 Å². The van der Waals surface area contributed by atoms with Gasteiger partial charge in [0, 0.05) is 30.8 Å². The van der Waals surface area contributed by atoms with Gasteiger partial charge in [0.1, 0.15) is 5.75 Å². The van der Waals surface area contributed by atoms with Crippen LogP contribution >= 0.6 is 0 Å². The van der Waals surface area contributed by atoms with Crippen molar-refractivity contribution in [2.45, 2.75) is 26.0 Å². The normalized spacial score (nSPS) is 14.0. The zero-order valence-corrected chi connectivity index (χ0v) is 19.0. The lowest BCUT2D eigenvalue weighted by Gasteiger charge is -2.21. The van der Waals surface area contributed by atoms with Crippen molar-refractivity contribution in [2.24, 2.45) is 0 Å². The van der Waals surface area contributed by atoms with Crippen molar-refractivity contribution < 1.29 is 19.1 Å². The standard InChI is InChI=1S/C27H27N3O4/c1-2-30(18-19-9-4-3-5-10-19)25(31)17-28-26(32)21-12-8-13-22(15-21)29-27(33)24-16-20-11-6-7-14-23(20)34-24/h3-15,24H,2,16-18H2,1H3,(H,28,32)(H,29,33). The van der Waals surface area contributed by atoms with Crippen LogP contribution in [0.1, 0.15) is 28.4 Å². The number of hydrogen-bond donors (Lipinski definition) is 2. The van der Waals surface area contributed by atoms with Gasteiger partial charge in [-0.05, 0) is 42.3 Å². The molecule has 0 bridgehead atoms. The van der Waals surface area contributed by atoms with E-state index in [2.05, 4.69) is 10.6 Å².